The fourth-order valence-corrected chi connectivity index (χ4v) is 4.74. The molecule has 0 radical (unpaired) electrons. The lowest BCUT2D eigenvalue weighted by atomic mass is 9.56. The third kappa shape index (κ3) is 1.84. The molecule has 1 aliphatic carbocycles. The van der Waals surface area contributed by atoms with Crippen molar-refractivity contribution in [3.8, 4) is 0 Å². The standard InChI is InChI=1S/C17H23NS/c1-16(2)17(11-7-4-8-12-17)15(19)18(16)13-14-9-5-3-6-10-14/h3,5-6,9-10H,4,7-8,11-13H2,1-2H3. The van der Waals surface area contributed by atoms with Gasteiger partial charge in [0.25, 0.3) is 0 Å². The molecule has 1 spiro atoms. The van der Waals surface area contributed by atoms with E-state index in [9.17, 15) is 0 Å². The maximum atomic E-state index is 5.81. The van der Waals surface area contributed by atoms with E-state index in [4.69, 9.17) is 12.2 Å². The zero-order valence-electron chi connectivity index (χ0n) is 12.0. The minimum Gasteiger partial charge on any atom is -0.355 e. The van der Waals surface area contributed by atoms with Gasteiger partial charge < -0.3 is 4.90 Å². The van der Waals surface area contributed by atoms with Crippen molar-refractivity contribution < 1.29 is 0 Å². The molecule has 1 aromatic carbocycles. The zero-order chi connectivity index (χ0) is 13.5. The van der Waals surface area contributed by atoms with Gasteiger partial charge >= 0.3 is 0 Å². The molecule has 2 aliphatic rings. The Hall–Kier alpha value is -0.890. The highest BCUT2D eigenvalue weighted by Gasteiger charge is 2.62. The number of rotatable bonds is 2. The molecule has 19 heavy (non-hydrogen) atoms. The van der Waals surface area contributed by atoms with Crippen LogP contribution in [-0.2, 0) is 6.54 Å². The van der Waals surface area contributed by atoms with E-state index in [0.717, 1.165) is 6.54 Å². The third-order valence-electron chi connectivity index (χ3n) is 5.39. The summed E-state index contributed by atoms with van der Waals surface area (Å²) in [6.07, 6.45) is 6.68. The highest BCUT2D eigenvalue weighted by atomic mass is 32.1. The first kappa shape index (κ1) is 13.1. The summed E-state index contributed by atoms with van der Waals surface area (Å²) >= 11 is 5.81. The molecule has 0 aromatic heterocycles. The van der Waals surface area contributed by atoms with Gasteiger partial charge in [-0.15, -0.1) is 0 Å². The van der Waals surface area contributed by atoms with Gasteiger partial charge in [0, 0.05) is 17.5 Å². The molecule has 0 N–H and O–H groups in total. The Morgan fingerprint density at radius 1 is 1.05 bits per heavy atom. The molecule has 0 amide bonds. The van der Waals surface area contributed by atoms with Gasteiger partial charge in [0.2, 0.25) is 0 Å². The van der Waals surface area contributed by atoms with Crippen LogP contribution >= 0.6 is 12.2 Å². The van der Waals surface area contributed by atoms with E-state index in [1.165, 1.54) is 42.7 Å². The van der Waals surface area contributed by atoms with Crippen LogP contribution in [0.2, 0.25) is 0 Å². The second-order valence-corrected chi connectivity index (χ2v) is 6.97. The van der Waals surface area contributed by atoms with E-state index in [1.807, 2.05) is 0 Å². The topological polar surface area (TPSA) is 3.24 Å². The molecule has 2 fully saturated rings. The van der Waals surface area contributed by atoms with Crippen molar-refractivity contribution in [1.29, 1.82) is 0 Å². The van der Waals surface area contributed by atoms with Gasteiger partial charge in [-0.3, -0.25) is 0 Å². The summed E-state index contributed by atoms with van der Waals surface area (Å²) in [7, 11) is 0. The zero-order valence-corrected chi connectivity index (χ0v) is 12.8. The number of hydrogen-bond acceptors (Lipinski definition) is 1. The van der Waals surface area contributed by atoms with Gasteiger partial charge in [0.1, 0.15) is 0 Å². The smallest absolute Gasteiger partial charge is 0.0873 e. The number of nitrogens with zero attached hydrogens (tertiary/aromatic N) is 1. The lowest BCUT2D eigenvalue weighted by Gasteiger charge is -2.66. The quantitative estimate of drug-likeness (QED) is 0.727. The first-order valence-electron chi connectivity index (χ1n) is 7.44. The monoisotopic (exact) mass is 273 g/mol. The normalized spacial score (nSPS) is 24.3. The second kappa shape index (κ2) is 4.59. The van der Waals surface area contributed by atoms with Crippen molar-refractivity contribution >= 4 is 17.2 Å². The summed E-state index contributed by atoms with van der Waals surface area (Å²) in [6, 6.07) is 10.7. The first-order chi connectivity index (χ1) is 9.08. The highest BCUT2D eigenvalue weighted by Crippen LogP contribution is 2.57. The molecule has 102 valence electrons. The van der Waals surface area contributed by atoms with Gasteiger partial charge in [-0.1, -0.05) is 61.8 Å². The lowest BCUT2D eigenvalue weighted by Crippen LogP contribution is -2.74. The molecular formula is C17H23NS. The van der Waals surface area contributed by atoms with E-state index in [0.29, 0.717) is 5.41 Å². The van der Waals surface area contributed by atoms with Crippen LogP contribution in [-0.4, -0.2) is 15.4 Å². The van der Waals surface area contributed by atoms with Crippen molar-refractivity contribution in [3.63, 3.8) is 0 Å². The number of likely N-dealkylation sites (tertiary alicyclic amines) is 1. The molecule has 1 nitrogen and oxygen atoms in total. The molecule has 0 bridgehead atoms. The van der Waals surface area contributed by atoms with Crippen LogP contribution in [0, 0.1) is 5.41 Å². The van der Waals surface area contributed by atoms with E-state index < -0.39 is 0 Å². The van der Waals surface area contributed by atoms with Crippen LogP contribution in [0.1, 0.15) is 51.5 Å². The summed E-state index contributed by atoms with van der Waals surface area (Å²) in [5, 5.41) is 0. The Morgan fingerprint density at radius 2 is 1.68 bits per heavy atom. The Labute approximate surface area is 122 Å². The predicted octanol–water partition coefficient (Wildman–Crippen LogP) is 4.56. The van der Waals surface area contributed by atoms with E-state index in [1.54, 1.807) is 0 Å². The lowest BCUT2D eigenvalue weighted by molar-refractivity contribution is -0.0235. The van der Waals surface area contributed by atoms with Gasteiger partial charge in [-0.2, -0.15) is 0 Å². The molecule has 1 aliphatic heterocycles. The van der Waals surface area contributed by atoms with Crippen LogP contribution in [0.4, 0.5) is 0 Å². The Balaban J connectivity index is 1.80. The average molecular weight is 273 g/mol. The van der Waals surface area contributed by atoms with E-state index in [-0.39, 0.29) is 5.54 Å². The molecule has 0 unspecified atom stereocenters. The SMILES string of the molecule is CC1(C)N(Cc2ccccc2)C(=S)C12CCCCC2. The van der Waals surface area contributed by atoms with Crippen LogP contribution in [0.25, 0.3) is 0 Å². The van der Waals surface area contributed by atoms with E-state index in [2.05, 4.69) is 49.1 Å². The molecule has 3 rings (SSSR count). The number of benzene rings is 1. The van der Waals surface area contributed by atoms with Crippen molar-refractivity contribution in [2.24, 2.45) is 5.41 Å². The van der Waals surface area contributed by atoms with Crippen molar-refractivity contribution in [2.45, 2.75) is 58.0 Å². The fourth-order valence-electron chi connectivity index (χ4n) is 4.00. The van der Waals surface area contributed by atoms with Crippen LogP contribution in [0.15, 0.2) is 30.3 Å². The van der Waals surface area contributed by atoms with Gasteiger partial charge in [0.05, 0.1) is 4.99 Å². The van der Waals surface area contributed by atoms with Crippen molar-refractivity contribution in [2.75, 3.05) is 0 Å². The Bertz CT molecular complexity index is 471. The van der Waals surface area contributed by atoms with Gasteiger partial charge in [-0.25, -0.2) is 0 Å². The minimum absolute atomic E-state index is 0.223. The summed E-state index contributed by atoms with van der Waals surface area (Å²) in [5.74, 6) is 0. The minimum atomic E-state index is 0.223. The van der Waals surface area contributed by atoms with Crippen molar-refractivity contribution in [1.82, 2.24) is 4.90 Å². The maximum Gasteiger partial charge on any atom is 0.0873 e. The average Bonchev–Trinajstić information content (AvgIpc) is 2.46. The molecular weight excluding hydrogens is 250 g/mol. The van der Waals surface area contributed by atoms with Crippen molar-refractivity contribution in [3.05, 3.63) is 35.9 Å². The molecule has 1 heterocycles. The first-order valence-corrected chi connectivity index (χ1v) is 7.85. The third-order valence-corrected chi connectivity index (χ3v) is 6.00. The Morgan fingerprint density at radius 3 is 2.26 bits per heavy atom. The van der Waals surface area contributed by atoms with Crippen LogP contribution in [0.3, 0.4) is 0 Å². The van der Waals surface area contributed by atoms with Gasteiger partial charge in [-0.05, 0) is 32.3 Å². The number of thiocarbonyl (C=S) groups is 1. The van der Waals surface area contributed by atoms with E-state index >= 15 is 0 Å². The molecule has 2 heteroatoms. The molecule has 1 saturated carbocycles. The van der Waals surface area contributed by atoms with Crippen LogP contribution in [0.5, 0.6) is 0 Å². The summed E-state index contributed by atoms with van der Waals surface area (Å²) in [5.41, 5.74) is 1.90. The van der Waals surface area contributed by atoms with Gasteiger partial charge in [0.15, 0.2) is 0 Å². The van der Waals surface area contributed by atoms with Crippen LogP contribution < -0.4 is 0 Å². The molecule has 1 saturated heterocycles. The summed E-state index contributed by atoms with van der Waals surface area (Å²) in [4.78, 5) is 3.67. The summed E-state index contributed by atoms with van der Waals surface area (Å²) < 4.78 is 0. The predicted molar refractivity (Wildman–Crippen MR) is 84.2 cm³/mol. The fraction of sp³-hybridized carbons (Fsp3) is 0.588. The number of hydrogen-bond donors (Lipinski definition) is 0. The largest absolute Gasteiger partial charge is 0.355 e. The highest BCUT2D eigenvalue weighted by molar-refractivity contribution is 7.80. The summed E-state index contributed by atoms with van der Waals surface area (Å²) in [6.45, 7) is 5.74. The Kier molecular flexibility index (Phi) is 3.17. The second-order valence-electron chi connectivity index (χ2n) is 6.58. The maximum absolute atomic E-state index is 5.81. The molecule has 0 atom stereocenters. The molecule has 1 aromatic rings.